The van der Waals surface area contributed by atoms with Crippen molar-refractivity contribution < 1.29 is 34.3 Å². The van der Waals surface area contributed by atoms with Crippen LogP contribution in [0.4, 0.5) is 0 Å². The van der Waals surface area contributed by atoms with E-state index in [1.165, 1.54) is 0 Å². The number of ether oxygens (including phenoxy) is 3. The third-order valence-electron chi connectivity index (χ3n) is 15.9. The third-order valence-corrected chi connectivity index (χ3v) is 15.9. The summed E-state index contributed by atoms with van der Waals surface area (Å²) in [6, 6.07) is 10.1. The van der Waals surface area contributed by atoms with Crippen molar-refractivity contribution in [2.24, 2.45) is 50.2 Å². The number of aliphatic hydroxyl groups excluding tert-OH is 3. The minimum atomic E-state index is -1.27. The molecule has 7 heteroatoms. The lowest BCUT2D eigenvalue weighted by Crippen LogP contribution is -2.65. The normalized spacial score (nSPS) is 47.0. The fraction of sp³-hybridized carbons (Fsp3) is 0.786. The van der Waals surface area contributed by atoms with Crippen molar-refractivity contribution in [2.45, 2.75) is 150 Å². The molecule has 1 aromatic carbocycles. The van der Waals surface area contributed by atoms with Gasteiger partial charge in [-0.05, 0) is 115 Å². The molecule has 1 aliphatic heterocycles. The zero-order valence-corrected chi connectivity index (χ0v) is 31.0. The zero-order chi connectivity index (χ0) is 35.2. The Morgan fingerprint density at radius 3 is 2.31 bits per heavy atom. The highest BCUT2D eigenvalue weighted by molar-refractivity contribution is 5.79. The third kappa shape index (κ3) is 5.42. The second kappa shape index (κ2) is 12.1. The van der Waals surface area contributed by atoms with E-state index in [9.17, 15) is 20.1 Å². The molecule has 7 rings (SSSR count). The summed E-state index contributed by atoms with van der Waals surface area (Å²) in [6.07, 6.45) is 7.95. The van der Waals surface area contributed by atoms with Crippen LogP contribution >= 0.6 is 0 Å². The van der Waals surface area contributed by atoms with Crippen LogP contribution < -0.4 is 0 Å². The molecule has 3 N–H and O–H groups in total. The van der Waals surface area contributed by atoms with Crippen LogP contribution in [0.5, 0.6) is 0 Å². The summed E-state index contributed by atoms with van der Waals surface area (Å²) < 4.78 is 18.4. The number of esters is 1. The summed E-state index contributed by atoms with van der Waals surface area (Å²) in [6.45, 7) is 17.4. The fourth-order valence-corrected chi connectivity index (χ4v) is 12.8. The second-order valence-electron chi connectivity index (χ2n) is 19.2. The summed E-state index contributed by atoms with van der Waals surface area (Å²) in [5.41, 5.74) is 2.38. The molecule has 12 atom stereocenters. The van der Waals surface area contributed by atoms with Crippen LogP contribution in [0.15, 0.2) is 42.0 Å². The van der Waals surface area contributed by atoms with E-state index in [1.54, 1.807) is 5.57 Å². The maximum absolute atomic E-state index is 14.3. The Kier molecular flexibility index (Phi) is 8.83. The van der Waals surface area contributed by atoms with Crippen molar-refractivity contribution in [3.05, 3.63) is 47.5 Å². The first-order chi connectivity index (χ1) is 23.0. The molecular weight excluding hydrogens is 616 g/mol. The van der Waals surface area contributed by atoms with Crippen molar-refractivity contribution >= 4 is 5.97 Å². The van der Waals surface area contributed by atoms with Gasteiger partial charge in [0, 0.05) is 0 Å². The van der Waals surface area contributed by atoms with Gasteiger partial charge in [-0.1, -0.05) is 90.4 Å². The standard InChI is InChI=1S/C42H62O7/c1-37(2)19-21-42(36(46)48-24-26-11-9-8-10-12-26)22-20-40(6)27(28(42)23-37)13-14-31-39(5)17-16-32(38(3,4)30(39)15-18-41(31,40)7)49-35-34(45)33(44)29(43)25-47-35/h8-13,28-35,43-45H,14-25H2,1-7H3/t28-,29-,30-,31+,32-,33-,34+,35-,39-,40+,41+,42-/m0/s1. The number of benzene rings is 1. The van der Waals surface area contributed by atoms with Gasteiger partial charge in [0.1, 0.15) is 24.9 Å². The molecule has 1 saturated heterocycles. The Labute approximate surface area is 294 Å². The van der Waals surface area contributed by atoms with Gasteiger partial charge >= 0.3 is 5.97 Å². The summed E-state index contributed by atoms with van der Waals surface area (Å²) in [7, 11) is 0. The lowest BCUT2D eigenvalue weighted by molar-refractivity contribution is -0.308. The number of rotatable bonds is 5. The smallest absolute Gasteiger partial charge is 0.313 e. The molecule has 0 amide bonds. The fourth-order valence-electron chi connectivity index (χ4n) is 12.8. The highest BCUT2D eigenvalue weighted by Crippen LogP contribution is 2.76. The van der Waals surface area contributed by atoms with Gasteiger partial charge in [0.25, 0.3) is 0 Å². The highest BCUT2D eigenvalue weighted by atomic mass is 16.7. The molecule has 5 aliphatic carbocycles. The minimum Gasteiger partial charge on any atom is -0.460 e. The molecule has 0 bridgehead atoms. The van der Waals surface area contributed by atoms with Gasteiger partial charge in [-0.25, -0.2) is 0 Å². The first-order valence-electron chi connectivity index (χ1n) is 19.2. The number of fused-ring (bicyclic) bond motifs is 7. The topological polar surface area (TPSA) is 105 Å². The van der Waals surface area contributed by atoms with Gasteiger partial charge in [-0.15, -0.1) is 0 Å². The van der Waals surface area contributed by atoms with Crippen LogP contribution in [0.25, 0.3) is 0 Å². The van der Waals surface area contributed by atoms with Crippen LogP contribution in [0, 0.1) is 50.2 Å². The molecule has 1 heterocycles. The monoisotopic (exact) mass is 678 g/mol. The molecule has 4 saturated carbocycles. The molecule has 1 aromatic rings. The molecule has 49 heavy (non-hydrogen) atoms. The molecule has 0 unspecified atom stereocenters. The zero-order valence-electron chi connectivity index (χ0n) is 31.0. The maximum atomic E-state index is 14.3. The van der Waals surface area contributed by atoms with Crippen LogP contribution in [0.1, 0.15) is 118 Å². The van der Waals surface area contributed by atoms with Crippen molar-refractivity contribution in [1.82, 2.24) is 0 Å². The van der Waals surface area contributed by atoms with Crippen LogP contribution in [-0.2, 0) is 25.6 Å². The summed E-state index contributed by atoms with van der Waals surface area (Å²) in [5.74, 6) is 1.15. The summed E-state index contributed by atoms with van der Waals surface area (Å²) in [5, 5.41) is 31.0. The first kappa shape index (κ1) is 35.6. The SMILES string of the molecule is CC1(C)CC[C@]2(C(=O)OCc3ccccc3)CC[C@]3(C)C(=CC[C@@H]4[C@@]5(C)CC[C@H](O[C@@H]6OC[C@H](O)[C@H](O)[C@H]6O)C(C)(C)[C@@H]5CC[C@]43C)[C@@H]2C1. The quantitative estimate of drug-likeness (QED) is 0.170. The highest BCUT2D eigenvalue weighted by Gasteiger charge is 2.69. The van der Waals surface area contributed by atoms with Crippen LogP contribution in [-0.4, -0.2) is 58.6 Å². The average molecular weight is 679 g/mol. The Morgan fingerprint density at radius 1 is 0.857 bits per heavy atom. The predicted octanol–water partition coefficient (Wildman–Crippen LogP) is 7.36. The molecule has 0 aromatic heterocycles. The van der Waals surface area contributed by atoms with E-state index in [-0.39, 0.29) is 51.7 Å². The number of hydrogen-bond donors (Lipinski definition) is 3. The summed E-state index contributed by atoms with van der Waals surface area (Å²) >= 11 is 0. The van der Waals surface area contributed by atoms with E-state index in [2.05, 4.69) is 54.5 Å². The number of carbonyl (C=O) groups is 1. The van der Waals surface area contributed by atoms with Gasteiger partial charge in [0.15, 0.2) is 6.29 Å². The lowest BCUT2D eigenvalue weighted by Gasteiger charge is -2.71. The van der Waals surface area contributed by atoms with Crippen LogP contribution in [0.3, 0.4) is 0 Å². The number of aliphatic hydroxyl groups is 3. The second-order valence-corrected chi connectivity index (χ2v) is 19.2. The molecule has 0 radical (unpaired) electrons. The van der Waals surface area contributed by atoms with E-state index >= 15 is 0 Å². The first-order valence-corrected chi connectivity index (χ1v) is 19.2. The number of hydrogen-bond acceptors (Lipinski definition) is 7. The van der Waals surface area contributed by atoms with E-state index in [1.807, 2.05) is 30.3 Å². The predicted molar refractivity (Wildman–Crippen MR) is 188 cm³/mol. The molecule has 0 spiro atoms. The van der Waals surface area contributed by atoms with Crippen molar-refractivity contribution in [2.75, 3.05) is 6.61 Å². The maximum Gasteiger partial charge on any atom is 0.313 e. The van der Waals surface area contributed by atoms with Crippen LogP contribution in [0.2, 0.25) is 0 Å². The molecular formula is C42H62O7. The largest absolute Gasteiger partial charge is 0.460 e. The van der Waals surface area contributed by atoms with E-state index < -0.39 is 30.0 Å². The minimum absolute atomic E-state index is 0.0110. The van der Waals surface area contributed by atoms with Gasteiger partial charge < -0.3 is 29.5 Å². The van der Waals surface area contributed by atoms with Crippen molar-refractivity contribution in [3.8, 4) is 0 Å². The number of carbonyl (C=O) groups excluding carboxylic acids is 1. The van der Waals surface area contributed by atoms with Crippen molar-refractivity contribution in [1.29, 1.82) is 0 Å². The number of allylic oxidation sites excluding steroid dienone is 2. The van der Waals surface area contributed by atoms with E-state index in [0.717, 1.165) is 69.8 Å². The van der Waals surface area contributed by atoms with Gasteiger partial charge in [-0.2, -0.15) is 0 Å². The van der Waals surface area contributed by atoms with Crippen molar-refractivity contribution in [3.63, 3.8) is 0 Å². The van der Waals surface area contributed by atoms with Gasteiger partial charge in [0.05, 0.1) is 18.1 Å². The average Bonchev–Trinajstić information content (AvgIpc) is 3.05. The van der Waals surface area contributed by atoms with E-state index in [0.29, 0.717) is 18.4 Å². The van der Waals surface area contributed by atoms with Gasteiger partial charge in [-0.3, -0.25) is 4.79 Å². The molecule has 5 fully saturated rings. The van der Waals surface area contributed by atoms with E-state index in [4.69, 9.17) is 14.2 Å². The molecule has 6 aliphatic rings. The van der Waals surface area contributed by atoms with Gasteiger partial charge in [0.2, 0.25) is 0 Å². The Hall–Kier alpha value is -1.77. The molecule has 272 valence electrons. The lowest BCUT2D eigenvalue weighted by atomic mass is 9.33. The Balaban J connectivity index is 1.16. The summed E-state index contributed by atoms with van der Waals surface area (Å²) in [4.78, 5) is 14.3. The Bertz CT molecular complexity index is 1440. The Morgan fingerprint density at radius 2 is 1.57 bits per heavy atom. The molecule has 7 nitrogen and oxygen atoms in total.